The molecule has 1 unspecified atom stereocenters. The lowest BCUT2D eigenvalue weighted by molar-refractivity contribution is -0.141. The number of carbonyl (C=O) groups is 1. The van der Waals surface area contributed by atoms with Crippen LogP contribution < -0.4 is 4.90 Å². The van der Waals surface area contributed by atoms with Crippen molar-refractivity contribution in [3.8, 4) is 0 Å². The summed E-state index contributed by atoms with van der Waals surface area (Å²) in [6.07, 6.45) is 0. The topological polar surface area (TPSA) is 20.3 Å². The largest absolute Gasteiger partial charge is 0.352 e. The zero-order chi connectivity index (χ0) is 11.2. The number of carbonyl (C=O) groups excluding carboxylic acids is 1. The Kier molecular flexibility index (Phi) is 2.19. The molecule has 2 nitrogen and oxygen atoms in total. The summed E-state index contributed by atoms with van der Waals surface area (Å²) in [5.74, 6) is -4.72. The number of amides is 1. The minimum absolute atomic E-state index is 0.190. The lowest BCUT2D eigenvalue weighted by Crippen LogP contribution is -2.38. The number of para-hydroxylation sites is 1. The highest BCUT2D eigenvalue weighted by atomic mass is 35.5. The second-order valence-corrected chi connectivity index (χ2v) is 3.97. The molecule has 0 aliphatic carbocycles. The summed E-state index contributed by atoms with van der Waals surface area (Å²) >= 11 is 5.71. The van der Waals surface area contributed by atoms with Crippen molar-refractivity contribution in [2.24, 2.45) is 0 Å². The fourth-order valence-electron chi connectivity index (χ4n) is 1.68. The van der Waals surface area contributed by atoms with Gasteiger partial charge in [0.05, 0.1) is 11.3 Å². The number of alkyl halides is 3. The Morgan fingerprint density at radius 1 is 1.40 bits per heavy atom. The van der Waals surface area contributed by atoms with E-state index in [1.165, 1.54) is 25.1 Å². The lowest BCUT2D eigenvalue weighted by atomic mass is 10.1. The van der Waals surface area contributed by atoms with Crippen molar-refractivity contribution in [1.29, 1.82) is 0 Å². The number of halogens is 3. The molecule has 0 fully saturated rings. The SMILES string of the molecule is CC(Cl)N1C(=O)C(F)(F)c2ccccc21. The highest BCUT2D eigenvalue weighted by Gasteiger charge is 2.53. The first-order chi connectivity index (χ1) is 6.96. The quantitative estimate of drug-likeness (QED) is 0.538. The molecule has 2 rings (SSSR count). The van der Waals surface area contributed by atoms with Crippen LogP contribution in [0.3, 0.4) is 0 Å². The average Bonchev–Trinajstić information content (AvgIpc) is 2.36. The lowest BCUT2D eigenvalue weighted by Gasteiger charge is -2.19. The van der Waals surface area contributed by atoms with Crippen molar-refractivity contribution < 1.29 is 13.6 Å². The van der Waals surface area contributed by atoms with Gasteiger partial charge in [-0.3, -0.25) is 9.69 Å². The van der Waals surface area contributed by atoms with Crippen molar-refractivity contribution in [1.82, 2.24) is 0 Å². The van der Waals surface area contributed by atoms with Gasteiger partial charge in [0.2, 0.25) is 0 Å². The Bertz CT molecular complexity index is 420. The van der Waals surface area contributed by atoms with Gasteiger partial charge >= 0.3 is 11.8 Å². The van der Waals surface area contributed by atoms with Gasteiger partial charge in [0.1, 0.15) is 5.50 Å². The smallest absolute Gasteiger partial charge is 0.290 e. The summed E-state index contributed by atoms with van der Waals surface area (Å²) < 4.78 is 27.0. The summed E-state index contributed by atoms with van der Waals surface area (Å²) in [6.45, 7) is 1.48. The van der Waals surface area contributed by atoms with Crippen LogP contribution in [0.15, 0.2) is 24.3 Å². The van der Waals surface area contributed by atoms with E-state index in [1.54, 1.807) is 6.07 Å². The first kappa shape index (κ1) is 10.4. The molecule has 0 spiro atoms. The molecule has 1 heterocycles. The third kappa shape index (κ3) is 1.32. The average molecular weight is 232 g/mol. The summed E-state index contributed by atoms with van der Waals surface area (Å²) in [5.41, 5.74) is -0.871. The number of fused-ring (bicyclic) bond motifs is 1. The van der Waals surface area contributed by atoms with E-state index in [9.17, 15) is 13.6 Å². The summed E-state index contributed by atoms with van der Waals surface area (Å²) in [5, 5.41) is 0. The van der Waals surface area contributed by atoms with Crippen LogP contribution in [0.4, 0.5) is 14.5 Å². The minimum atomic E-state index is -3.46. The van der Waals surface area contributed by atoms with Crippen LogP contribution >= 0.6 is 11.6 Å². The molecule has 80 valence electrons. The molecule has 0 N–H and O–H groups in total. The van der Waals surface area contributed by atoms with Crippen LogP contribution in [0.2, 0.25) is 0 Å². The third-order valence-electron chi connectivity index (χ3n) is 2.35. The van der Waals surface area contributed by atoms with E-state index >= 15 is 0 Å². The molecule has 0 saturated carbocycles. The Hall–Kier alpha value is -1.16. The molecule has 1 aromatic carbocycles. The molecule has 15 heavy (non-hydrogen) atoms. The highest BCUT2D eigenvalue weighted by Crippen LogP contribution is 2.45. The fourth-order valence-corrected chi connectivity index (χ4v) is 1.87. The van der Waals surface area contributed by atoms with Crippen molar-refractivity contribution in [3.05, 3.63) is 29.8 Å². The van der Waals surface area contributed by atoms with Gasteiger partial charge in [-0.25, -0.2) is 0 Å². The summed E-state index contributed by atoms with van der Waals surface area (Å²) in [4.78, 5) is 12.3. The Balaban J connectivity index is 2.62. The summed E-state index contributed by atoms with van der Waals surface area (Å²) in [6, 6.07) is 5.78. The van der Waals surface area contributed by atoms with Crippen LogP contribution in [0, 0.1) is 0 Å². The number of rotatable bonds is 1. The van der Waals surface area contributed by atoms with Gasteiger partial charge in [0, 0.05) is 0 Å². The zero-order valence-corrected chi connectivity index (χ0v) is 8.63. The molecular formula is C10H8ClF2NO. The molecular weight excluding hydrogens is 224 g/mol. The predicted octanol–water partition coefficient (Wildman–Crippen LogP) is 2.71. The second kappa shape index (κ2) is 3.17. The number of nitrogens with zero attached hydrogens (tertiary/aromatic N) is 1. The van der Waals surface area contributed by atoms with Gasteiger partial charge in [-0.2, -0.15) is 8.78 Å². The highest BCUT2D eigenvalue weighted by molar-refractivity contribution is 6.25. The van der Waals surface area contributed by atoms with Gasteiger partial charge in [-0.1, -0.05) is 29.8 Å². The maximum Gasteiger partial charge on any atom is 0.352 e. The van der Waals surface area contributed by atoms with Crippen molar-refractivity contribution in [3.63, 3.8) is 0 Å². The first-order valence-corrected chi connectivity index (χ1v) is 4.85. The predicted molar refractivity (Wildman–Crippen MR) is 53.1 cm³/mol. The maximum atomic E-state index is 13.5. The van der Waals surface area contributed by atoms with Gasteiger partial charge in [0.25, 0.3) is 0 Å². The Labute approximate surface area is 90.4 Å². The van der Waals surface area contributed by atoms with Crippen molar-refractivity contribution in [2.45, 2.75) is 18.3 Å². The molecule has 0 aromatic heterocycles. The second-order valence-electron chi connectivity index (χ2n) is 3.34. The van der Waals surface area contributed by atoms with Crippen LogP contribution in [0.25, 0.3) is 0 Å². The molecule has 1 amide bonds. The number of hydrogen-bond acceptors (Lipinski definition) is 1. The molecule has 0 radical (unpaired) electrons. The number of hydrogen-bond donors (Lipinski definition) is 0. The molecule has 0 saturated heterocycles. The van der Waals surface area contributed by atoms with E-state index in [0.717, 1.165) is 4.90 Å². The minimum Gasteiger partial charge on any atom is -0.290 e. The molecule has 1 aromatic rings. The van der Waals surface area contributed by atoms with Crippen LogP contribution in [-0.2, 0) is 10.7 Å². The van der Waals surface area contributed by atoms with Gasteiger partial charge < -0.3 is 0 Å². The fraction of sp³-hybridized carbons (Fsp3) is 0.300. The third-order valence-corrected chi connectivity index (χ3v) is 2.54. The van der Waals surface area contributed by atoms with Gasteiger partial charge in [-0.15, -0.1) is 0 Å². The van der Waals surface area contributed by atoms with Gasteiger partial charge in [0.15, 0.2) is 0 Å². The normalized spacial score (nSPS) is 20.3. The van der Waals surface area contributed by atoms with E-state index in [0.29, 0.717) is 0 Å². The Morgan fingerprint density at radius 2 is 2.00 bits per heavy atom. The van der Waals surface area contributed by atoms with Crippen LogP contribution in [-0.4, -0.2) is 11.4 Å². The number of benzene rings is 1. The standard InChI is InChI=1S/C10H8ClF2NO/c1-6(11)14-8-5-3-2-4-7(8)10(12,13)9(14)15/h2-6H,1H3. The van der Waals surface area contributed by atoms with Gasteiger partial charge in [-0.05, 0) is 13.0 Å². The molecule has 1 atom stereocenters. The molecule has 1 aliphatic rings. The summed E-state index contributed by atoms with van der Waals surface area (Å²) in [7, 11) is 0. The van der Waals surface area contributed by atoms with E-state index in [1.807, 2.05) is 0 Å². The first-order valence-electron chi connectivity index (χ1n) is 4.41. The maximum absolute atomic E-state index is 13.5. The van der Waals surface area contributed by atoms with Crippen LogP contribution in [0.5, 0.6) is 0 Å². The van der Waals surface area contributed by atoms with E-state index in [2.05, 4.69) is 0 Å². The Morgan fingerprint density at radius 3 is 2.60 bits per heavy atom. The van der Waals surface area contributed by atoms with Crippen LogP contribution in [0.1, 0.15) is 12.5 Å². The number of anilines is 1. The molecule has 5 heteroatoms. The zero-order valence-electron chi connectivity index (χ0n) is 7.88. The monoisotopic (exact) mass is 231 g/mol. The van der Waals surface area contributed by atoms with Crippen molar-refractivity contribution >= 4 is 23.2 Å². The van der Waals surface area contributed by atoms with E-state index in [-0.39, 0.29) is 11.3 Å². The van der Waals surface area contributed by atoms with Crippen molar-refractivity contribution in [2.75, 3.05) is 4.90 Å². The van der Waals surface area contributed by atoms with E-state index in [4.69, 9.17) is 11.6 Å². The molecule has 1 aliphatic heterocycles. The van der Waals surface area contributed by atoms with E-state index < -0.39 is 17.3 Å². The molecule has 0 bridgehead atoms.